The van der Waals surface area contributed by atoms with E-state index in [9.17, 15) is 9.59 Å². The van der Waals surface area contributed by atoms with Gasteiger partial charge in [-0.15, -0.1) is 0 Å². The van der Waals surface area contributed by atoms with Crippen LogP contribution in [0.5, 0.6) is 0 Å². The molecule has 0 bridgehead atoms. The van der Waals surface area contributed by atoms with E-state index in [0.29, 0.717) is 17.8 Å². The van der Waals surface area contributed by atoms with Crippen LogP contribution in [0.25, 0.3) is 0 Å². The van der Waals surface area contributed by atoms with Gasteiger partial charge in [0.1, 0.15) is 11.6 Å². The molecule has 0 saturated carbocycles. The first-order valence-electron chi connectivity index (χ1n) is 6.84. The maximum Gasteiger partial charge on any atom is 0.263 e. The number of rotatable bonds is 7. The molecule has 1 aromatic carbocycles. The largest absolute Gasteiger partial charge is 0.360 e. The van der Waals surface area contributed by atoms with Gasteiger partial charge in [0, 0.05) is 24.0 Å². The lowest BCUT2D eigenvalue weighted by atomic mass is 10.1. The van der Waals surface area contributed by atoms with Gasteiger partial charge < -0.3 is 10.6 Å². The molecule has 1 aromatic rings. The lowest BCUT2D eigenvalue weighted by Gasteiger charge is -2.05. The van der Waals surface area contributed by atoms with Gasteiger partial charge in [0.25, 0.3) is 5.91 Å². The highest BCUT2D eigenvalue weighted by atomic mass is 16.1. The summed E-state index contributed by atoms with van der Waals surface area (Å²) in [6.45, 7) is 4.06. The van der Waals surface area contributed by atoms with Crippen molar-refractivity contribution < 1.29 is 9.59 Å². The van der Waals surface area contributed by atoms with Crippen molar-refractivity contribution in [2.45, 2.75) is 26.7 Å². The molecule has 0 fully saturated rings. The highest BCUT2D eigenvalue weighted by molar-refractivity contribution is 5.97. The third-order valence-corrected chi connectivity index (χ3v) is 2.83. The van der Waals surface area contributed by atoms with Crippen molar-refractivity contribution in [3.8, 4) is 6.07 Å². The molecule has 110 valence electrons. The third kappa shape index (κ3) is 5.49. The molecule has 5 nitrogen and oxygen atoms in total. The zero-order valence-electron chi connectivity index (χ0n) is 12.3. The van der Waals surface area contributed by atoms with E-state index < -0.39 is 5.91 Å². The number of ketones is 1. The summed E-state index contributed by atoms with van der Waals surface area (Å²) < 4.78 is 0. The van der Waals surface area contributed by atoms with Gasteiger partial charge in [-0.1, -0.05) is 25.5 Å². The molecular weight excluding hydrogens is 266 g/mol. The number of hydrogen-bond acceptors (Lipinski definition) is 4. The minimum absolute atomic E-state index is 0.000619. The summed E-state index contributed by atoms with van der Waals surface area (Å²) in [5.74, 6) is -0.443. The standard InChI is InChI=1S/C16H19N3O2/c1-3-4-8-18-16(21)14(10-17)11-19-15-7-5-6-13(9-15)12(2)20/h5-7,9,11,19H,3-4,8H2,1-2H3,(H,18,21)/b14-11-. The molecule has 0 aromatic heterocycles. The van der Waals surface area contributed by atoms with Gasteiger partial charge in [0.15, 0.2) is 5.78 Å². The molecule has 0 aliphatic carbocycles. The van der Waals surface area contributed by atoms with Crippen molar-refractivity contribution in [1.82, 2.24) is 5.32 Å². The first-order valence-corrected chi connectivity index (χ1v) is 6.84. The van der Waals surface area contributed by atoms with Crippen LogP contribution < -0.4 is 10.6 Å². The zero-order chi connectivity index (χ0) is 15.7. The van der Waals surface area contributed by atoms with Crippen LogP contribution in [0.15, 0.2) is 36.0 Å². The van der Waals surface area contributed by atoms with Gasteiger partial charge in [-0.25, -0.2) is 0 Å². The highest BCUT2D eigenvalue weighted by Gasteiger charge is 2.07. The fourth-order valence-electron chi connectivity index (χ4n) is 1.61. The van der Waals surface area contributed by atoms with Gasteiger partial charge >= 0.3 is 0 Å². The van der Waals surface area contributed by atoms with E-state index in [0.717, 1.165) is 12.8 Å². The smallest absolute Gasteiger partial charge is 0.263 e. The average Bonchev–Trinajstić information content (AvgIpc) is 2.48. The fraction of sp³-hybridized carbons (Fsp3) is 0.312. The van der Waals surface area contributed by atoms with Crippen molar-refractivity contribution >= 4 is 17.4 Å². The van der Waals surface area contributed by atoms with Gasteiger partial charge in [-0.05, 0) is 25.5 Å². The Labute approximate surface area is 124 Å². The Morgan fingerprint density at radius 2 is 2.14 bits per heavy atom. The molecule has 0 aliphatic rings. The van der Waals surface area contributed by atoms with E-state index in [-0.39, 0.29) is 11.4 Å². The quantitative estimate of drug-likeness (QED) is 0.349. The van der Waals surface area contributed by atoms with Gasteiger partial charge in [0.2, 0.25) is 0 Å². The lowest BCUT2D eigenvalue weighted by molar-refractivity contribution is -0.117. The van der Waals surface area contributed by atoms with E-state index in [4.69, 9.17) is 5.26 Å². The molecule has 0 spiro atoms. The predicted octanol–water partition coefficient (Wildman–Crippen LogP) is 2.62. The summed E-state index contributed by atoms with van der Waals surface area (Å²) in [7, 11) is 0. The van der Waals surface area contributed by atoms with Gasteiger partial charge in [-0.2, -0.15) is 5.26 Å². The predicted molar refractivity (Wildman–Crippen MR) is 81.7 cm³/mol. The number of amides is 1. The first-order chi connectivity index (χ1) is 10.1. The summed E-state index contributed by atoms with van der Waals surface area (Å²) in [6.07, 6.45) is 3.20. The molecule has 0 heterocycles. The van der Waals surface area contributed by atoms with Crippen LogP contribution in [0.2, 0.25) is 0 Å². The molecule has 0 aliphatic heterocycles. The third-order valence-electron chi connectivity index (χ3n) is 2.83. The molecular formula is C16H19N3O2. The summed E-state index contributed by atoms with van der Waals surface area (Å²) >= 11 is 0. The zero-order valence-corrected chi connectivity index (χ0v) is 12.3. The minimum Gasteiger partial charge on any atom is -0.360 e. The average molecular weight is 285 g/mol. The fourth-order valence-corrected chi connectivity index (χ4v) is 1.61. The first kappa shape index (κ1) is 16.4. The van der Waals surface area contributed by atoms with E-state index in [1.165, 1.54) is 13.1 Å². The van der Waals surface area contributed by atoms with Crippen LogP contribution in [0.3, 0.4) is 0 Å². The minimum atomic E-state index is -0.402. The van der Waals surface area contributed by atoms with E-state index >= 15 is 0 Å². The monoisotopic (exact) mass is 285 g/mol. The molecule has 2 N–H and O–H groups in total. The Morgan fingerprint density at radius 3 is 2.76 bits per heavy atom. The second-order valence-corrected chi connectivity index (χ2v) is 4.56. The number of benzene rings is 1. The van der Waals surface area contributed by atoms with Crippen molar-refractivity contribution in [2.24, 2.45) is 0 Å². The van der Waals surface area contributed by atoms with Gasteiger partial charge in [0.05, 0.1) is 0 Å². The molecule has 1 rings (SSSR count). The normalized spacial score (nSPS) is 10.6. The van der Waals surface area contributed by atoms with E-state index in [1.807, 2.05) is 13.0 Å². The number of nitriles is 1. The van der Waals surface area contributed by atoms with Gasteiger partial charge in [-0.3, -0.25) is 9.59 Å². The Balaban J connectivity index is 2.72. The van der Waals surface area contributed by atoms with E-state index in [1.54, 1.807) is 24.3 Å². The summed E-state index contributed by atoms with van der Waals surface area (Å²) in [5.41, 5.74) is 1.22. The number of Topliss-reactive ketones (excluding diaryl/α,β-unsaturated/α-hetero) is 1. The van der Waals surface area contributed by atoms with Crippen LogP contribution in [-0.2, 0) is 4.79 Å². The summed E-state index contributed by atoms with van der Waals surface area (Å²) in [6, 6.07) is 8.73. The van der Waals surface area contributed by atoms with Crippen molar-refractivity contribution in [3.05, 3.63) is 41.6 Å². The molecule has 21 heavy (non-hydrogen) atoms. The molecule has 1 amide bonds. The van der Waals surface area contributed by atoms with Crippen LogP contribution >= 0.6 is 0 Å². The molecule has 5 heteroatoms. The number of unbranched alkanes of at least 4 members (excludes halogenated alkanes) is 1. The molecule has 0 saturated heterocycles. The maximum atomic E-state index is 11.7. The van der Waals surface area contributed by atoms with Crippen molar-refractivity contribution in [2.75, 3.05) is 11.9 Å². The van der Waals surface area contributed by atoms with Crippen LogP contribution in [-0.4, -0.2) is 18.2 Å². The maximum absolute atomic E-state index is 11.7. The number of carbonyl (C=O) groups is 2. The van der Waals surface area contributed by atoms with Crippen molar-refractivity contribution in [3.63, 3.8) is 0 Å². The Morgan fingerprint density at radius 1 is 1.38 bits per heavy atom. The number of carbonyl (C=O) groups excluding carboxylic acids is 2. The lowest BCUT2D eigenvalue weighted by Crippen LogP contribution is -2.25. The second kappa shape index (κ2) is 8.54. The summed E-state index contributed by atoms with van der Waals surface area (Å²) in [4.78, 5) is 23.0. The Kier molecular flexibility index (Phi) is 6.69. The number of hydrogen-bond donors (Lipinski definition) is 2. The Hall–Kier alpha value is -2.61. The van der Waals surface area contributed by atoms with Crippen LogP contribution in [0.4, 0.5) is 5.69 Å². The Bertz CT molecular complexity index is 585. The van der Waals surface area contributed by atoms with Crippen LogP contribution in [0.1, 0.15) is 37.0 Å². The highest BCUT2D eigenvalue weighted by Crippen LogP contribution is 2.11. The topological polar surface area (TPSA) is 82.0 Å². The SMILES string of the molecule is CCCCNC(=O)/C(C#N)=C\Nc1cccc(C(C)=O)c1. The molecule has 0 radical (unpaired) electrons. The number of nitrogens with one attached hydrogen (secondary N) is 2. The van der Waals surface area contributed by atoms with E-state index in [2.05, 4.69) is 10.6 Å². The molecule has 0 unspecified atom stereocenters. The number of nitrogens with zero attached hydrogens (tertiary/aromatic N) is 1. The van der Waals surface area contributed by atoms with Crippen LogP contribution in [0, 0.1) is 11.3 Å². The second-order valence-electron chi connectivity index (χ2n) is 4.56. The summed E-state index contributed by atoms with van der Waals surface area (Å²) in [5, 5.41) is 14.5. The van der Waals surface area contributed by atoms with Crippen molar-refractivity contribution in [1.29, 1.82) is 5.26 Å². The number of anilines is 1. The molecule has 0 atom stereocenters.